The number of anilines is 2. The Balaban J connectivity index is 1.51. The fourth-order valence-corrected chi connectivity index (χ4v) is 5.23. The molecule has 4 aromatic carbocycles. The average Bonchev–Trinajstić information content (AvgIpc) is 3.00. The zero-order valence-electron chi connectivity index (χ0n) is 23.8. The normalized spacial score (nSPS) is 11.7. The van der Waals surface area contributed by atoms with E-state index in [2.05, 4.69) is 16.0 Å². The molecule has 4 aromatic rings. The Morgan fingerprint density at radius 3 is 2.28 bits per heavy atom. The Morgan fingerprint density at radius 2 is 1.56 bits per heavy atom. The number of rotatable bonds is 11. The van der Waals surface area contributed by atoms with E-state index < -0.39 is 23.0 Å². The highest BCUT2D eigenvalue weighted by Gasteiger charge is 2.21. The SMILES string of the molecule is CCC(Sc1cccc(NC(=O)/C(=C\c2cccc(C)c2)NC(=O)c2ccccc2)c1)C(=O)Nc1ccccc1C(N)=O. The fourth-order valence-electron chi connectivity index (χ4n) is 4.22. The lowest BCUT2D eigenvalue weighted by molar-refractivity contribution is -0.116. The van der Waals surface area contributed by atoms with Gasteiger partial charge in [-0.3, -0.25) is 19.2 Å². The van der Waals surface area contributed by atoms with Crippen molar-refractivity contribution in [2.75, 3.05) is 10.6 Å². The predicted octanol–water partition coefficient (Wildman–Crippen LogP) is 6.01. The minimum absolute atomic E-state index is 0.0800. The summed E-state index contributed by atoms with van der Waals surface area (Å²) in [5, 5.41) is 7.94. The van der Waals surface area contributed by atoms with Gasteiger partial charge in [0.25, 0.3) is 17.7 Å². The van der Waals surface area contributed by atoms with E-state index in [0.29, 0.717) is 23.4 Å². The van der Waals surface area contributed by atoms with Gasteiger partial charge in [0.1, 0.15) is 5.70 Å². The van der Waals surface area contributed by atoms with Gasteiger partial charge in [-0.2, -0.15) is 0 Å². The molecule has 0 spiro atoms. The minimum atomic E-state index is -0.629. The zero-order chi connectivity index (χ0) is 30.8. The maximum atomic E-state index is 13.5. The summed E-state index contributed by atoms with van der Waals surface area (Å²) >= 11 is 1.33. The molecule has 5 N–H and O–H groups in total. The number of benzene rings is 4. The molecule has 1 atom stereocenters. The van der Waals surface area contributed by atoms with Crippen molar-refractivity contribution >= 4 is 52.8 Å². The van der Waals surface area contributed by atoms with Gasteiger partial charge in [-0.1, -0.05) is 73.2 Å². The molecule has 0 aliphatic heterocycles. The Morgan fingerprint density at radius 1 is 0.837 bits per heavy atom. The summed E-state index contributed by atoms with van der Waals surface area (Å²) in [6.45, 7) is 3.84. The summed E-state index contributed by atoms with van der Waals surface area (Å²) in [4.78, 5) is 52.0. The summed E-state index contributed by atoms with van der Waals surface area (Å²) in [6, 6.07) is 29.9. The van der Waals surface area contributed by atoms with Gasteiger partial charge in [0.15, 0.2) is 0 Å². The molecule has 0 radical (unpaired) electrons. The van der Waals surface area contributed by atoms with Crippen molar-refractivity contribution in [3.63, 3.8) is 0 Å². The monoisotopic (exact) mass is 592 g/mol. The number of primary amides is 1. The fraction of sp³-hybridized carbons (Fsp3) is 0.118. The molecule has 0 bridgehead atoms. The summed E-state index contributed by atoms with van der Waals surface area (Å²) in [5.41, 5.74) is 8.80. The number of hydrogen-bond acceptors (Lipinski definition) is 5. The van der Waals surface area contributed by atoms with Gasteiger partial charge in [0, 0.05) is 16.1 Å². The van der Waals surface area contributed by atoms with Crippen molar-refractivity contribution in [3.05, 3.63) is 131 Å². The van der Waals surface area contributed by atoms with Crippen molar-refractivity contribution in [2.45, 2.75) is 30.4 Å². The molecule has 0 aliphatic rings. The number of aryl methyl sites for hydroxylation is 1. The summed E-state index contributed by atoms with van der Waals surface area (Å²) in [6.07, 6.45) is 2.14. The van der Waals surface area contributed by atoms with Crippen LogP contribution in [0.25, 0.3) is 6.08 Å². The van der Waals surface area contributed by atoms with E-state index in [1.54, 1.807) is 72.8 Å². The van der Waals surface area contributed by atoms with Crippen molar-refractivity contribution in [1.82, 2.24) is 5.32 Å². The smallest absolute Gasteiger partial charge is 0.272 e. The van der Waals surface area contributed by atoms with Crippen LogP contribution in [-0.2, 0) is 9.59 Å². The van der Waals surface area contributed by atoms with Crippen molar-refractivity contribution in [1.29, 1.82) is 0 Å². The lowest BCUT2D eigenvalue weighted by Gasteiger charge is -2.17. The summed E-state index contributed by atoms with van der Waals surface area (Å²) < 4.78 is 0. The van der Waals surface area contributed by atoms with Crippen LogP contribution in [0.1, 0.15) is 45.2 Å². The number of para-hydroxylation sites is 1. The van der Waals surface area contributed by atoms with E-state index in [1.807, 2.05) is 50.2 Å². The molecule has 4 amide bonds. The van der Waals surface area contributed by atoms with Crippen LogP contribution < -0.4 is 21.7 Å². The van der Waals surface area contributed by atoms with Crippen LogP contribution in [0.5, 0.6) is 0 Å². The third-order valence-electron chi connectivity index (χ3n) is 6.37. The van der Waals surface area contributed by atoms with Crippen molar-refractivity contribution < 1.29 is 19.2 Å². The highest BCUT2D eigenvalue weighted by atomic mass is 32.2. The van der Waals surface area contributed by atoms with E-state index >= 15 is 0 Å². The lowest BCUT2D eigenvalue weighted by atomic mass is 10.1. The molecule has 0 fully saturated rings. The molecule has 0 saturated heterocycles. The molecular formula is C34H32N4O4S. The first kappa shape index (κ1) is 30.8. The molecule has 4 rings (SSSR count). The van der Waals surface area contributed by atoms with Gasteiger partial charge >= 0.3 is 0 Å². The largest absolute Gasteiger partial charge is 0.366 e. The van der Waals surface area contributed by atoms with Crippen molar-refractivity contribution in [2.24, 2.45) is 5.73 Å². The first-order valence-electron chi connectivity index (χ1n) is 13.7. The number of nitrogens with two attached hydrogens (primary N) is 1. The van der Waals surface area contributed by atoms with Crippen LogP contribution in [0.15, 0.2) is 114 Å². The van der Waals surface area contributed by atoms with Gasteiger partial charge in [0.05, 0.1) is 16.5 Å². The number of carbonyl (C=O) groups excluding carboxylic acids is 4. The molecule has 9 heteroatoms. The molecule has 0 saturated carbocycles. The van der Waals surface area contributed by atoms with E-state index in [1.165, 1.54) is 11.8 Å². The molecule has 0 aliphatic carbocycles. The number of amides is 4. The van der Waals surface area contributed by atoms with Crippen LogP contribution in [0.3, 0.4) is 0 Å². The molecule has 218 valence electrons. The predicted molar refractivity (Wildman–Crippen MR) is 172 cm³/mol. The van der Waals surface area contributed by atoms with Gasteiger partial charge in [-0.05, 0) is 67.4 Å². The van der Waals surface area contributed by atoms with Crippen molar-refractivity contribution in [3.8, 4) is 0 Å². The maximum absolute atomic E-state index is 13.5. The van der Waals surface area contributed by atoms with E-state index in [-0.39, 0.29) is 17.2 Å². The molecule has 8 nitrogen and oxygen atoms in total. The summed E-state index contributed by atoms with van der Waals surface area (Å²) in [7, 11) is 0. The molecular weight excluding hydrogens is 560 g/mol. The van der Waals surface area contributed by atoms with Gasteiger partial charge in [0.2, 0.25) is 5.91 Å². The van der Waals surface area contributed by atoms with Crippen LogP contribution >= 0.6 is 11.8 Å². The summed E-state index contributed by atoms with van der Waals surface area (Å²) in [5.74, 6) is -1.81. The first-order chi connectivity index (χ1) is 20.7. The standard InChI is InChI=1S/C34H32N4O4S/c1-3-30(34(42)37-28-18-8-7-17-27(28)31(35)39)43-26-16-10-15-25(21-26)36-33(41)29(20-23-12-9-11-22(2)19-23)38-32(40)24-13-5-4-6-14-24/h4-21,30H,3H2,1-2H3,(H2,35,39)(H,36,41)(H,37,42)(H,38,40)/b29-20+. The van der Waals surface area contributed by atoms with E-state index in [4.69, 9.17) is 5.73 Å². The second-order valence-electron chi connectivity index (χ2n) is 9.69. The first-order valence-corrected chi connectivity index (χ1v) is 14.5. The quantitative estimate of drug-likeness (QED) is 0.125. The number of nitrogens with one attached hydrogen (secondary N) is 3. The topological polar surface area (TPSA) is 130 Å². The second-order valence-corrected chi connectivity index (χ2v) is 11.0. The Labute approximate surface area is 254 Å². The number of thioether (sulfide) groups is 1. The maximum Gasteiger partial charge on any atom is 0.272 e. The molecule has 0 heterocycles. The zero-order valence-corrected chi connectivity index (χ0v) is 24.6. The van der Waals surface area contributed by atoms with Gasteiger partial charge < -0.3 is 21.7 Å². The Hall–Kier alpha value is -5.15. The third kappa shape index (κ3) is 8.67. The number of hydrogen-bond donors (Lipinski definition) is 4. The van der Waals surface area contributed by atoms with Gasteiger partial charge in [-0.25, -0.2) is 0 Å². The highest BCUT2D eigenvalue weighted by Crippen LogP contribution is 2.29. The molecule has 43 heavy (non-hydrogen) atoms. The van der Waals surface area contributed by atoms with Crippen LogP contribution in [-0.4, -0.2) is 28.9 Å². The van der Waals surface area contributed by atoms with Crippen LogP contribution in [0.4, 0.5) is 11.4 Å². The Bertz CT molecular complexity index is 1670. The third-order valence-corrected chi connectivity index (χ3v) is 7.72. The van der Waals surface area contributed by atoms with E-state index in [0.717, 1.165) is 16.0 Å². The van der Waals surface area contributed by atoms with Gasteiger partial charge in [-0.15, -0.1) is 11.8 Å². The second kappa shape index (κ2) is 14.7. The van der Waals surface area contributed by atoms with Crippen LogP contribution in [0, 0.1) is 6.92 Å². The minimum Gasteiger partial charge on any atom is -0.366 e. The van der Waals surface area contributed by atoms with Crippen LogP contribution in [0.2, 0.25) is 0 Å². The molecule has 1 unspecified atom stereocenters. The lowest BCUT2D eigenvalue weighted by Crippen LogP contribution is -2.30. The highest BCUT2D eigenvalue weighted by molar-refractivity contribution is 8.00. The Kier molecular flexibility index (Phi) is 10.5. The number of carbonyl (C=O) groups is 4. The average molecular weight is 593 g/mol. The molecule has 0 aromatic heterocycles. The van der Waals surface area contributed by atoms with E-state index in [9.17, 15) is 19.2 Å².